The summed E-state index contributed by atoms with van der Waals surface area (Å²) in [5, 5.41) is 0. The zero-order chi connectivity index (χ0) is 10.6. The third-order valence-corrected chi connectivity index (χ3v) is 1.51. The molecule has 1 rings (SSSR count). The Morgan fingerprint density at radius 1 is 1.57 bits per heavy atom. The third-order valence-electron chi connectivity index (χ3n) is 1.51. The first-order valence-corrected chi connectivity index (χ1v) is 3.85. The van der Waals surface area contributed by atoms with E-state index < -0.39 is 11.8 Å². The zero-order valence-corrected chi connectivity index (χ0v) is 7.62. The van der Waals surface area contributed by atoms with E-state index in [1.807, 2.05) is 0 Å². The fourth-order valence-electron chi connectivity index (χ4n) is 0.868. The molecule has 1 aromatic rings. The number of esters is 1. The van der Waals surface area contributed by atoms with Crippen molar-refractivity contribution in [3.05, 3.63) is 36.7 Å². The second-order valence-corrected chi connectivity index (χ2v) is 2.42. The molecule has 0 aliphatic carbocycles. The van der Waals surface area contributed by atoms with Gasteiger partial charge in [-0.25, -0.2) is 9.18 Å². The molecular formula is C10H9FO3. The van der Waals surface area contributed by atoms with Gasteiger partial charge in [0.25, 0.3) is 0 Å². The monoisotopic (exact) mass is 196 g/mol. The zero-order valence-electron chi connectivity index (χ0n) is 7.62. The number of hydrogen-bond donors (Lipinski definition) is 0. The van der Waals surface area contributed by atoms with Crippen molar-refractivity contribution in [1.82, 2.24) is 0 Å². The summed E-state index contributed by atoms with van der Waals surface area (Å²) in [6.07, 6.45) is 1.00. The highest BCUT2D eigenvalue weighted by Crippen LogP contribution is 2.22. The summed E-state index contributed by atoms with van der Waals surface area (Å²) in [5.41, 5.74) is 0. The minimum absolute atomic E-state index is 0.100. The highest BCUT2D eigenvalue weighted by molar-refractivity contribution is 5.83. The molecule has 0 radical (unpaired) electrons. The number of ether oxygens (including phenoxy) is 2. The first-order valence-electron chi connectivity index (χ1n) is 3.85. The summed E-state index contributed by atoms with van der Waals surface area (Å²) in [6, 6.07) is 3.88. The van der Waals surface area contributed by atoms with E-state index in [9.17, 15) is 9.18 Å². The van der Waals surface area contributed by atoms with Crippen LogP contribution in [0.25, 0.3) is 0 Å². The molecule has 4 heteroatoms. The summed E-state index contributed by atoms with van der Waals surface area (Å²) < 4.78 is 22.4. The fraction of sp³-hybridized carbons (Fsp3) is 0.100. The largest absolute Gasteiger partial charge is 0.494 e. The minimum Gasteiger partial charge on any atom is -0.494 e. The standard InChI is InChI=1S/C10H9FO3/c1-3-10(12)14-7-4-5-9(13-2)8(11)6-7/h3-6H,1H2,2H3. The van der Waals surface area contributed by atoms with Gasteiger partial charge in [0.15, 0.2) is 11.6 Å². The molecule has 0 fully saturated rings. The lowest BCUT2D eigenvalue weighted by molar-refractivity contribution is -0.128. The molecule has 0 saturated heterocycles. The average Bonchev–Trinajstić information content (AvgIpc) is 2.18. The number of halogens is 1. The molecule has 0 aliphatic rings. The van der Waals surface area contributed by atoms with Gasteiger partial charge in [-0.05, 0) is 12.1 Å². The van der Waals surface area contributed by atoms with Crippen LogP contribution in [0.15, 0.2) is 30.9 Å². The summed E-state index contributed by atoms with van der Waals surface area (Å²) in [7, 11) is 1.35. The summed E-state index contributed by atoms with van der Waals surface area (Å²) in [6.45, 7) is 3.22. The molecule has 0 bridgehead atoms. The Bertz CT molecular complexity index is 360. The van der Waals surface area contributed by atoms with Gasteiger partial charge in [-0.2, -0.15) is 0 Å². The number of rotatable bonds is 3. The van der Waals surface area contributed by atoms with Crippen LogP contribution in [-0.2, 0) is 4.79 Å². The van der Waals surface area contributed by atoms with Gasteiger partial charge in [-0.3, -0.25) is 0 Å². The predicted molar refractivity (Wildman–Crippen MR) is 48.8 cm³/mol. The normalized spacial score (nSPS) is 9.29. The maximum Gasteiger partial charge on any atom is 0.335 e. The van der Waals surface area contributed by atoms with Crippen LogP contribution in [-0.4, -0.2) is 13.1 Å². The quantitative estimate of drug-likeness (QED) is 0.421. The maximum absolute atomic E-state index is 13.1. The van der Waals surface area contributed by atoms with Crippen molar-refractivity contribution in [2.24, 2.45) is 0 Å². The molecule has 0 unspecified atom stereocenters. The van der Waals surface area contributed by atoms with Crippen molar-refractivity contribution in [2.75, 3.05) is 7.11 Å². The average molecular weight is 196 g/mol. The van der Waals surface area contributed by atoms with Crippen LogP contribution >= 0.6 is 0 Å². The second-order valence-electron chi connectivity index (χ2n) is 2.42. The molecule has 0 aliphatic heterocycles. The summed E-state index contributed by atoms with van der Waals surface area (Å²) in [4.78, 5) is 10.8. The van der Waals surface area contributed by atoms with Gasteiger partial charge in [-0.1, -0.05) is 6.58 Å². The predicted octanol–water partition coefficient (Wildman–Crippen LogP) is 1.93. The molecule has 0 atom stereocenters. The van der Waals surface area contributed by atoms with Gasteiger partial charge < -0.3 is 9.47 Å². The molecule has 0 heterocycles. The number of benzene rings is 1. The van der Waals surface area contributed by atoms with Gasteiger partial charge >= 0.3 is 5.97 Å². The Balaban J connectivity index is 2.86. The lowest BCUT2D eigenvalue weighted by atomic mass is 10.3. The van der Waals surface area contributed by atoms with Crippen molar-refractivity contribution >= 4 is 5.97 Å². The SMILES string of the molecule is C=CC(=O)Oc1ccc(OC)c(F)c1. The van der Waals surface area contributed by atoms with Crippen LogP contribution < -0.4 is 9.47 Å². The van der Waals surface area contributed by atoms with E-state index in [0.717, 1.165) is 12.1 Å². The first kappa shape index (κ1) is 10.2. The van der Waals surface area contributed by atoms with Crippen LogP contribution in [0.1, 0.15) is 0 Å². The van der Waals surface area contributed by atoms with Gasteiger partial charge in [-0.15, -0.1) is 0 Å². The smallest absolute Gasteiger partial charge is 0.335 e. The van der Waals surface area contributed by atoms with E-state index in [2.05, 4.69) is 6.58 Å². The van der Waals surface area contributed by atoms with Crippen molar-refractivity contribution < 1.29 is 18.7 Å². The lowest BCUT2D eigenvalue weighted by Crippen LogP contribution is -2.03. The molecule has 0 aromatic heterocycles. The Hall–Kier alpha value is -1.84. The first-order chi connectivity index (χ1) is 6.67. The Morgan fingerprint density at radius 2 is 2.29 bits per heavy atom. The second kappa shape index (κ2) is 4.41. The van der Waals surface area contributed by atoms with Gasteiger partial charge in [0.1, 0.15) is 5.75 Å². The molecule has 0 spiro atoms. The Kier molecular flexibility index (Phi) is 3.23. The van der Waals surface area contributed by atoms with E-state index in [1.54, 1.807) is 0 Å². The van der Waals surface area contributed by atoms with Gasteiger partial charge in [0.2, 0.25) is 0 Å². The molecular weight excluding hydrogens is 187 g/mol. The van der Waals surface area contributed by atoms with Crippen LogP contribution in [0.2, 0.25) is 0 Å². The van der Waals surface area contributed by atoms with E-state index in [1.165, 1.54) is 19.2 Å². The number of hydrogen-bond acceptors (Lipinski definition) is 3. The number of carbonyl (C=O) groups excluding carboxylic acids is 1. The summed E-state index contributed by atoms with van der Waals surface area (Å²) >= 11 is 0. The fourth-order valence-corrected chi connectivity index (χ4v) is 0.868. The highest BCUT2D eigenvalue weighted by Gasteiger charge is 2.05. The number of carbonyl (C=O) groups is 1. The van der Waals surface area contributed by atoms with Crippen molar-refractivity contribution in [1.29, 1.82) is 0 Å². The topological polar surface area (TPSA) is 35.5 Å². The van der Waals surface area contributed by atoms with E-state index in [-0.39, 0.29) is 11.5 Å². The van der Waals surface area contributed by atoms with Crippen molar-refractivity contribution in [3.8, 4) is 11.5 Å². The Morgan fingerprint density at radius 3 is 2.79 bits per heavy atom. The van der Waals surface area contributed by atoms with E-state index in [0.29, 0.717) is 0 Å². The van der Waals surface area contributed by atoms with Crippen molar-refractivity contribution in [2.45, 2.75) is 0 Å². The van der Waals surface area contributed by atoms with Crippen molar-refractivity contribution in [3.63, 3.8) is 0 Å². The van der Waals surface area contributed by atoms with Crippen LogP contribution in [0, 0.1) is 5.82 Å². The molecule has 14 heavy (non-hydrogen) atoms. The molecule has 1 aromatic carbocycles. The minimum atomic E-state index is -0.630. The van der Waals surface area contributed by atoms with Crippen LogP contribution in [0.3, 0.4) is 0 Å². The number of methoxy groups -OCH3 is 1. The van der Waals surface area contributed by atoms with E-state index in [4.69, 9.17) is 9.47 Å². The highest BCUT2D eigenvalue weighted by atomic mass is 19.1. The van der Waals surface area contributed by atoms with Gasteiger partial charge in [0, 0.05) is 12.1 Å². The molecule has 0 saturated carbocycles. The maximum atomic E-state index is 13.1. The van der Waals surface area contributed by atoms with Crippen LogP contribution in [0.4, 0.5) is 4.39 Å². The molecule has 0 N–H and O–H groups in total. The molecule has 74 valence electrons. The third kappa shape index (κ3) is 2.32. The summed E-state index contributed by atoms with van der Waals surface area (Å²) in [5.74, 6) is -0.993. The van der Waals surface area contributed by atoms with Gasteiger partial charge in [0.05, 0.1) is 7.11 Å². The molecule has 0 amide bonds. The molecule has 3 nitrogen and oxygen atoms in total. The van der Waals surface area contributed by atoms with Crippen LogP contribution in [0.5, 0.6) is 11.5 Å². The lowest BCUT2D eigenvalue weighted by Gasteiger charge is -2.04. The Labute approximate surface area is 80.8 Å². The van der Waals surface area contributed by atoms with E-state index >= 15 is 0 Å².